The quantitative estimate of drug-likeness (QED) is 0.298. The van der Waals surface area contributed by atoms with Gasteiger partial charge in [0.25, 0.3) is 10.0 Å². The summed E-state index contributed by atoms with van der Waals surface area (Å²) in [5, 5.41) is 12.1. The number of amides is 2. The third kappa shape index (κ3) is 8.84. The summed E-state index contributed by atoms with van der Waals surface area (Å²) in [6, 6.07) is 15.8. The molecule has 0 bridgehead atoms. The molecule has 220 valence electrons. The fourth-order valence-electron chi connectivity index (χ4n) is 3.83. The van der Waals surface area contributed by atoms with E-state index in [1.165, 1.54) is 18.9 Å². The average Bonchev–Trinajstić information content (AvgIpc) is 3.30. The van der Waals surface area contributed by atoms with E-state index in [0.29, 0.717) is 5.56 Å². The molecule has 1 aromatic heterocycles. The fraction of sp³-hybridized carbons (Fsp3) is 0.357. The molecule has 41 heavy (non-hydrogen) atoms. The van der Waals surface area contributed by atoms with Gasteiger partial charge >= 0.3 is 12.1 Å². The molecule has 1 heterocycles. The number of ether oxygens (including phenoxy) is 1. The second-order valence-corrected chi connectivity index (χ2v) is 13.2. The van der Waals surface area contributed by atoms with Crippen molar-refractivity contribution >= 4 is 44.5 Å². The lowest BCUT2D eigenvalue weighted by Crippen LogP contribution is -2.46. The second-order valence-electron chi connectivity index (χ2n) is 10.2. The molecule has 11 nitrogen and oxygen atoms in total. The first-order chi connectivity index (χ1) is 19.2. The van der Waals surface area contributed by atoms with Crippen LogP contribution in [0, 0.1) is 6.92 Å². The van der Waals surface area contributed by atoms with Crippen LogP contribution >= 0.6 is 11.3 Å². The fourth-order valence-corrected chi connectivity index (χ4v) is 6.21. The van der Waals surface area contributed by atoms with E-state index in [-0.39, 0.29) is 34.4 Å². The monoisotopic (exact) mass is 602 g/mol. The van der Waals surface area contributed by atoms with Crippen molar-refractivity contribution in [1.29, 1.82) is 0 Å². The Bertz CT molecular complexity index is 1480. The number of thiazole rings is 1. The lowest BCUT2D eigenvalue weighted by molar-refractivity contribution is -0.139. The van der Waals surface area contributed by atoms with Crippen LogP contribution in [0.1, 0.15) is 38.4 Å². The topological polar surface area (TPSA) is 155 Å². The molecule has 2 aromatic carbocycles. The molecule has 3 rings (SSSR count). The SMILES string of the molecule is CNS(=O)(=O)c1sc(N(CCC(NC(=O)OC(C)(C)C)C(=O)O)C(=O)Cc2ccc(-c3ccccc3)cc2)nc1C. The minimum Gasteiger partial charge on any atom is -0.480 e. The molecule has 0 saturated carbocycles. The van der Waals surface area contributed by atoms with Gasteiger partial charge in [0.15, 0.2) is 9.34 Å². The Morgan fingerprint density at radius 3 is 2.22 bits per heavy atom. The zero-order valence-electron chi connectivity index (χ0n) is 23.5. The molecule has 3 aromatic rings. The molecular weight excluding hydrogens is 568 g/mol. The second kappa shape index (κ2) is 13.2. The Morgan fingerprint density at radius 1 is 1.05 bits per heavy atom. The Kier molecular flexibility index (Phi) is 10.2. The summed E-state index contributed by atoms with van der Waals surface area (Å²) < 4.78 is 32.3. The van der Waals surface area contributed by atoms with Gasteiger partial charge in [0, 0.05) is 6.54 Å². The highest BCUT2D eigenvalue weighted by Gasteiger charge is 2.29. The molecule has 2 amide bonds. The van der Waals surface area contributed by atoms with Gasteiger partial charge in [-0.05, 0) is 57.9 Å². The lowest BCUT2D eigenvalue weighted by Gasteiger charge is -2.24. The minimum absolute atomic E-state index is 0.0426. The third-order valence-corrected chi connectivity index (χ3v) is 9.04. The van der Waals surface area contributed by atoms with E-state index in [9.17, 15) is 27.9 Å². The van der Waals surface area contributed by atoms with E-state index < -0.39 is 39.6 Å². The van der Waals surface area contributed by atoms with E-state index in [4.69, 9.17) is 4.74 Å². The van der Waals surface area contributed by atoms with Gasteiger partial charge in [-0.1, -0.05) is 65.9 Å². The number of carboxylic acids is 1. The highest BCUT2D eigenvalue weighted by atomic mass is 32.2. The van der Waals surface area contributed by atoms with E-state index in [1.54, 1.807) is 20.8 Å². The van der Waals surface area contributed by atoms with E-state index in [2.05, 4.69) is 15.0 Å². The smallest absolute Gasteiger partial charge is 0.408 e. The average molecular weight is 603 g/mol. The van der Waals surface area contributed by atoms with Crippen molar-refractivity contribution in [2.24, 2.45) is 0 Å². The number of sulfonamides is 1. The van der Waals surface area contributed by atoms with Gasteiger partial charge in [-0.2, -0.15) is 0 Å². The largest absolute Gasteiger partial charge is 0.480 e. The summed E-state index contributed by atoms with van der Waals surface area (Å²) in [6.45, 7) is 6.31. The number of nitrogens with one attached hydrogen (secondary N) is 2. The molecule has 0 aliphatic carbocycles. The first-order valence-corrected chi connectivity index (χ1v) is 15.1. The van der Waals surface area contributed by atoms with Crippen LogP contribution in [0.4, 0.5) is 9.93 Å². The number of carbonyl (C=O) groups excluding carboxylic acids is 2. The van der Waals surface area contributed by atoms with Crippen molar-refractivity contribution in [2.45, 2.75) is 56.4 Å². The number of rotatable bonds is 11. The minimum atomic E-state index is -3.83. The number of carbonyl (C=O) groups is 3. The Hall–Kier alpha value is -3.81. The molecule has 0 saturated heterocycles. The number of benzene rings is 2. The molecule has 1 unspecified atom stereocenters. The van der Waals surface area contributed by atoms with Gasteiger partial charge in [-0.3, -0.25) is 9.69 Å². The first-order valence-electron chi connectivity index (χ1n) is 12.8. The predicted molar refractivity (Wildman–Crippen MR) is 156 cm³/mol. The summed E-state index contributed by atoms with van der Waals surface area (Å²) in [6.07, 6.45) is -1.13. The summed E-state index contributed by atoms with van der Waals surface area (Å²) in [5.74, 6) is -1.73. The molecule has 0 fully saturated rings. The summed E-state index contributed by atoms with van der Waals surface area (Å²) in [5.41, 5.74) is 2.08. The van der Waals surface area contributed by atoms with Crippen molar-refractivity contribution in [2.75, 3.05) is 18.5 Å². The zero-order valence-corrected chi connectivity index (χ0v) is 25.1. The van der Waals surface area contributed by atoms with Crippen LogP contribution in [0.25, 0.3) is 11.1 Å². The third-order valence-electron chi connectivity index (χ3n) is 5.83. The van der Waals surface area contributed by atoms with Gasteiger partial charge in [-0.15, -0.1) is 0 Å². The molecule has 1 atom stereocenters. The number of hydrogen-bond acceptors (Lipinski definition) is 8. The molecule has 0 aliphatic heterocycles. The number of anilines is 1. The van der Waals surface area contributed by atoms with Gasteiger partial charge in [0.2, 0.25) is 5.91 Å². The number of alkyl carbamates (subject to hydrolysis) is 1. The van der Waals surface area contributed by atoms with Crippen molar-refractivity contribution in [1.82, 2.24) is 15.0 Å². The maximum atomic E-state index is 13.6. The molecule has 0 radical (unpaired) electrons. The molecule has 0 spiro atoms. The van der Waals surface area contributed by atoms with Crippen molar-refractivity contribution in [3.63, 3.8) is 0 Å². The van der Waals surface area contributed by atoms with Crippen molar-refractivity contribution in [3.8, 4) is 11.1 Å². The number of aliphatic carboxylic acids is 1. The molecular formula is C28H34N4O7S2. The Balaban J connectivity index is 1.86. The summed E-state index contributed by atoms with van der Waals surface area (Å²) in [4.78, 5) is 43.3. The standard InChI is InChI=1S/C28H34N4O7S2/c1-18-25(41(37,38)29-5)40-26(30-18)32(16-15-22(24(34)35)31-27(36)39-28(2,3)4)23(33)17-19-11-13-21(14-12-19)20-9-7-6-8-10-20/h6-14,22,29H,15-17H2,1-5H3,(H,31,36)(H,34,35). The van der Waals surface area contributed by atoms with Crippen LogP contribution in [-0.4, -0.2) is 61.7 Å². The van der Waals surface area contributed by atoms with Gasteiger partial charge in [-0.25, -0.2) is 27.7 Å². The predicted octanol–water partition coefficient (Wildman–Crippen LogP) is 3.97. The number of aromatic nitrogens is 1. The van der Waals surface area contributed by atoms with Crippen LogP contribution in [0.3, 0.4) is 0 Å². The highest BCUT2D eigenvalue weighted by Crippen LogP contribution is 2.30. The maximum absolute atomic E-state index is 13.6. The number of hydrogen-bond donors (Lipinski definition) is 3. The Labute approximate surface area is 243 Å². The maximum Gasteiger partial charge on any atom is 0.408 e. The zero-order chi connectivity index (χ0) is 30.4. The van der Waals surface area contributed by atoms with Crippen LogP contribution in [0.5, 0.6) is 0 Å². The molecule has 0 aliphatic rings. The highest BCUT2D eigenvalue weighted by molar-refractivity contribution is 7.91. The van der Waals surface area contributed by atoms with E-state index >= 15 is 0 Å². The van der Waals surface area contributed by atoms with Crippen molar-refractivity contribution in [3.05, 3.63) is 65.9 Å². The van der Waals surface area contributed by atoms with E-state index in [1.807, 2.05) is 54.6 Å². The normalized spacial score (nSPS) is 12.4. The van der Waals surface area contributed by atoms with Gasteiger partial charge < -0.3 is 15.2 Å². The van der Waals surface area contributed by atoms with Gasteiger partial charge in [0.05, 0.1) is 12.1 Å². The molecule has 3 N–H and O–H groups in total. The molecule has 13 heteroatoms. The number of nitrogens with zero attached hydrogens (tertiary/aromatic N) is 2. The van der Waals surface area contributed by atoms with Crippen LogP contribution in [0.15, 0.2) is 58.8 Å². The summed E-state index contributed by atoms with van der Waals surface area (Å²) >= 11 is 0.804. The van der Waals surface area contributed by atoms with Gasteiger partial charge in [0.1, 0.15) is 11.6 Å². The van der Waals surface area contributed by atoms with E-state index in [0.717, 1.165) is 22.5 Å². The van der Waals surface area contributed by atoms with Crippen LogP contribution in [0.2, 0.25) is 0 Å². The van der Waals surface area contributed by atoms with Crippen LogP contribution in [-0.2, 0) is 30.8 Å². The Morgan fingerprint density at radius 2 is 1.66 bits per heavy atom. The number of carboxylic acid groups (broad SMARTS) is 1. The first kappa shape index (κ1) is 31.7. The lowest BCUT2D eigenvalue weighted by atomic mass is 10.0. The summed E-state index contributed by atoms with van der Waals surface area (Å²) in [7, 11) is -2.56. The van der Waals surface area contributed by atoms with Crippen molar-refractivity contribution < 1.29 is 32.6 Å². The number of aryl methyl sites for hydroxylation is 1. The van der Waals surface area contributed by atoms with Crippen LogP contribution < -0.4 is 14.9 Å².